The zero-order chi connectivity index (χ0) is 25.8. The van der Waals surface area contributed by atoms with Gasteiger partial charge in [-0.05, 0) is 42.5 Å². The second-order valence-electron chi connectivity index (χ2n) is 8.26. The summed E-state index contributed by atoms with van der Waals surface area (Å²) in [6.45, 7) is 6.58. The van der Waals surface area contributed by atoms with Crippen LogP contribution in [0.4, 0.5) is 23.0 Å². The minimum Gasteiger partial charge on any atom is -0.494 e. The van der Waals surface area contributed by atoms with Crippen LogP contribution in [-0.2, 0) is 9.53 Å². The van der Waals surface area contributed by atoms with E-state index in [1.54, 1.807) is 37.7 Å². The predicted molar refractivity (Wildman–Crippen MR) is 146 cm³/mol. The lowest BCUT2D eigenvalue weighted by atomic mass is 10.1. The summed E-state index contributed by atoms with van der Waals surface area (Å²) in [5.41, 5.74) is 3.93. The Morgan fingerprint density at radius 2 is 2.00 bits per heavy atom. The van der Waals surface area contributed by atoms with Gasteiger partial charge in [-0.1, -0.05) is 18.2 Å². The van der Waals surface area contributed by atoms with Gasteiger partial charge in [0.05, 0.1) is 47.9 Å². The van der Waals surface area contributed by atoms with Crippen LogP contribution in [0.15, 0.2) is 67.5 Å². The van der Waals surface area contributed by atoms with Gasteiger partial charge in [-0.25, -0.2) is 9.97 Å². The van der Waals surface area contributed by atoms with E-state index in [4.69, 9.17) is 26.1 Å². The van der Waals surface area contributed by atoms with Crippen molar-refractivity contribution in [2.45, 2.75) is 0 Å². The zero-order valence-corrected chi connectivity index (χ0v) is 21.0. The number of nitrogens with one attached hydrogen (secondary N) is 2. The van der Waals surface area contributed by atoms with Crippen molar-refractivity contribution in [1.29, 1.82) is 0 Å². The summed E-state index contributed by atoms with van der Waals surface area (Å²) >= 11 is 6.64. The molecule has 2 N–H and O–H groups in total. The van der Waals surface area contributed by atoms with E-state index >= 15 is 0 Å². The standard InChI is InChI=1S/C27H25ClN6O3/c1-3-23(35)31-21-5-4-10-29-26(21)24-19(28)8-6-17-16-30-27(33-25(17)24)32-20-9-7-18(15-22(20)36-2)34-11-13-37-14-12-34/h3-10,15-16H,1,11-14H2,2H3,(H,31,35)(H,30,32,33). The van der Waals surface area contributed by atoms with Crippen LogP contribution in [-0.4, -0.2) is 54.3 Å². The maximum atomic E-state index is 12.0. The summed E-state index contributed by atoms with van der Waals surface area (Å²) < 4.78 is 11.1. The highest BCUT2D eigenvalue weighted by Gasteiger charge is 2.18. The van der Waals surface area contributed by atoms with Crippen molar-refractivity contribution in [2.24, 2.45) is 0 Å². The number of halogens is 1. The summed E-state index contributed by atoms with van der Waals surface area (Å²) in [5, 5.41) is 7.26. The van der Waals surface area contributed by atoms with E-state index in [1.807, 2.05) is 24.3 Å². The number of amides is 1. The molecule has 3 heterocycles. The lowest BCUT2D eigenvalue weighted by Gasteiger charge is -2.29. The Labute approximate surface area is 219 Å². The van der Waals surface area contributed by atoms with E-state index in [1.165, 1.54) is 6.08 Å². The zero-order valence-electron chi connectivity index (χ0n) is 20.2. The van der Waals surface area contributed by atoms with Crippen molar-refractivity contribution in [3.05, 3.63) is 72.5 Å². The molecule has 0 unspecified atom stereocenters. The quantitative estimate of drug-likeness (QED) is 0.329. The van der Waals surface area contributed by atoms with Gasteiger partial charge >= 0.3 is 0 Å². The molecule has 2 aromatic heterocycles. The van der Waals surface area contributed by atoms with E-state index in [0.29, 0.717) is 52.4 Å². The van der Waals surface area contributed by atoms with Crippen LogP contribution in [0.25, 0.3) is 22.2 Å². The molecule has 9 nitrogen and oxygen atoms in total. The van der Waals surface area contributed by atoms with E-state index in [2.05, 4.69) is 32.1 Å². The fourth-order valence-corrected chi connectivity index (χ4v) is 4.41. The molecule has 188 valence electrons. The number of benzene rings is 2. The monoisotopic (exact) mass is 516 g/mol. The molecule has 0 atom stereocenters. The third kappa shape index (κ3) is 5.18. The van der Waals surface area contributed by atoms with Crippen LogP contribution in [0.1, 0.15) is 0 Å². The number of rotatable bonds is 7. The number of nitrogens with zero attached hydrogens (tertiary/aromatic N) is 4. The molecule has 0 spiro atoms. The molecule has 0 radical (unpaired) electrons. The molecule has 10 heteroatoms. The smallest absolute Gasteiger partial charge is 0.247 e. The first-order valence-electron chi connectivity index (χ1n) is 11.7. The van der Waals surface area contributed by atoms with Crippen molar-refractivity contribution in [3.63, 3.8) is 0 Å². The van der Waals surface area contributed by atoms with Gasteiger partial charge in [0.1, 0.15) is 5.75 Å². The Kier molecular flexibility index (Phi) is 7.16. The highest BCUT2D eigenvalue weighted by Crippen LogP contribution is 2.38. The van der Waals surface area contributed by atoms with E-state index in [9.17, 15) is 4.79 Å². The third-order valence-electron chi connectivity index (χ3n) is 6.00. The first kappa shape index (κ1) is 24.5. The van der Waals surface area contributed by atoms with Gasteiger partial charge in [-0.2, -0.15) is 0 Å². The van der Waals surface area contributed by atoms with E-state index < -0.39 is 0 Å². The first-order valence-corrected chi connectivity index (χ1v) is 12.1. The van der Waals surface area contributed by atoms with Gasteiger partial charge in [0, 0.05) is 48.2 Å². The Morgan fingerprint density at radius 1 is 1.16 bits per heavy atom. The van der Waals surface area contributed by atoms with Gasteiger partial charge < -0.3 is 25.0 Å². The molecule has 0 bridgehead atoms. The second-order valence-corrected chi connectivity index (χ2v) is 8.66. The van der Waals surface area contributed by atoms with Crippen LogP contribution in [0, 0.1) is 0 Å². The summed E-state index contributed by atoms with van der Waals surface area (Å²) in [7, 11) is 1.63. The number of hydrogen-bond donors (Lipinski definition) is 2. The lowest BCUT2D eigenvalue weighted by Crippen LogP contribution is -2.36. The number of ether oxygens (including phenoxy) is 2. The van der Waals surface area contributed by atoms with Crippen molar-refractivity contribution in [3.8, 4) is 17.0 Å². The third-order valence-corrected chi connectivity index (χ3v) is 6.31. The molecule has 5 rings (SSSR count). The normalized spacial score (nSPS) is 13.3. The SMILES string of the molecule is C=CC(=O)Nc1cccnc1-c1c(Cl)ccc2cnc(Nc3ccc(N4CCOCC4)cc3OC)nc12. The fraction of sp³-hybridized carbons (Fsp3) is 0.185. The average Bonchev–Trinajstić information content (AvgIpc) is 2.94. The predicted octanol–water partition coefficient (Wildman–Crippen LogP) is 5.06. The molecule has 2 aromatic carbocycles. The Morgan fingerprint density at radius 3 is 2.78 bits per heavy atom. The minimum atomic E-state index is -0.352. The van der Waals surface area contributed by atoms with Gasteiger partial charge in [0.15, 0.2) is 0 Å². The number of pyridine rings is 1. The topological polar surface area (TPSA) is 102 Å². The summed E-state index contributed by atoms with van der Waals surface area (Å²) in [6.07, 6.45) is 4.54. The molecule has 0 saturated carbocycles. The van der Waals surface area contributed by atoms with Crippen LogP contribution < -0.4 is 20.3 Å². The molecule has 0 aliphatic carbocycles. The number of carbonyl (C=O) groups excluding carboxylic acids is 1. The molecule has 1 amide bonds. The molecular formula is C27H25ClN6O3. The van der Waals surface area contributed by atoms with Gasteiger partial charge in [-0.3, -0.25) is 9.78 Å². The van der Waals surface area contributed by atoms with Crippen LogP contribution in [0.2, 0.25) is 5.02 Å². The highest BCUT2D eigenvalue weighted by atomic mass is 35.5. The van der Waals surface area contributed by atoms with Crippen LogP contribution in [0.5, 0.6) is 5.75 Å². The number of fused-ring (bicyclic) bond motifs is 1. The molecule has 1 fully saturated rings. The van der Waals surface area contributed by atoms with Gasteiger partial charge in [-0.15, -0.1) is 0 Å². The number of hydrogen-bond acceptors (Lipinski definition) is 8. The second kappa shape index (κ2) is 10.8. The summed E-state index contributed by atoms with van der Waals surface area (Å²) in [6, 6.07) is 13.0. The number of carbonyl (C=O) groups is 1. The lowest BCUT2D eigenvalue weighted by molar-refractivity contribution is -0.111. The largest absolute Gasteiger partial charge is 0.494 e. The van der Waals surface area contributed by atoms with E-state index in [-0.39, 0.29) is 5.91 Å². The summed E-state index contributed by atoms with van der Waals surface area (Å²) in [4.78, 5) is 28.0. The molecular weight excluding hydrogens is 492 g/mol. The molecule has 1 aliphatic rings. The number of morpholine rings is 1. The van der Waals surface area contributed by atoms with Crippen molar-refractivity contribution >= 4 is 51.4 Å². The average molecular weight is 517 g/mol. The molecule has 37 heavy (non-hydrogen) atoms. The Bertz CT molecular complexity index is 1470. The van der Waals surface area contributed by atoms with Gasteiger partial charge in [0.2, 0.25) is 11.9 Å². The Hall–Kier alpha value is -4.21. The molecule has 1 saturated heterocycles. The first-order chi connectivity index (χ1) is 18.1. The number of aromatic nitrogens is 3. The van der Waals surface area contributed by atoms with Crippen LogP contribution in [0.3, 0.4) is 0 Å². The van der Waals surface area contributed by atoms with Crippen molar-refractivity contribution in [2.75, 3.05) is 48.9 Å². The fourth-order valence-electron chi connectivity index (χ4n) is 4.17. The summed E-state index contributed by atoms with van der Waals surface area (Å²) in [5.74, 6) is 0.675. The Balaban J connectivity index is 1.53. The number of methoxy groups -OCH3 is 1. The minimum absolute atomic E-state index is 0.352. The molecule has 4 aromatic rings. The maximum Gasteiger partial charge on any atom is 0.247 e. The van der Waals surface area contributed by atoms with Gasteiger partial charge in [0.25, 0.3) is 0 Å². The maximum absolute atomic E-state index is 12.0. The van der Waals surface area contributed by atoms with Crippen molar-refractivity contribution < 1.29 is 14.3 Å². The van der Waals surface area contributed by atoms with Crippen molar-refractivity contribution in [1.82, 2.24) is 15.0 Å². The van der Waals surface area contributed by atoms with Crippen LogP contribution >= 0.6 is 11.6 Å². The number of anilines is 4. The molecule has 1 aliphatic heterocycles. The highest BCUT2D eigenvalue weighted by molar-refractivity contribution is 6.35. The van der Waals surface area contributed by atoms with E-state index in [0.717, 1.165) is 29.9 Å².